The van der Waals surface area contributed by atoms with E-state index >= 15 is 0 Å². The van der Waals surface area contributed by atoms with E-state index in [1.807, 2.05) is 36.5 Å². The molecule has 7 heteroatoms. The number of ether oxygens (including phenoxy) is 1. The fourth-order valence-electron chi connectivity index (χ4n) is 6.81. The van der Waals surface area contributed by atoms with Gasteiger partial charge in [0.1, 0.15) is 11.3 Å². The molecule has 0 radical (unpaired) electrons. The van der Waals surface area contributed by atoms with Gasteiger partial charge in [0.2, 0.25) is 0 Å². The lowest BCUT2D eigenvalue weighted by Crippen LogP contribution is -2.32. The summed E-state index contributed by atoms with van der Waals surface area (Å²) in [6.45, 7) is 5.08. The van der Waals surface area contributed by atoms with Crippen LogP contribution in [0.1, 0.15) is 74.3 Å². The molecule has 1 aliphatic heterocycles. The molecule has 6 rings (SSSR count). The van der Waals surface area contributed by atoms with E-state index in [9.17, 15) is 9.90 Å². The van der Waals surface area contributed by atoms with Crippen LogP contribution in [0.2, 0.25) is 0 Å². The minimum Gasteiger partial charge on any atom is -0.490 e. The van der Waals surface area contributed by atoms with Crippen molar-refractivity contribution in [1.82, 2.24) is 9.58 Å². The van der Waals surface area contributed by atoms with Crippen molar-refractivity contribution in [3.05, 3.63) is 72.1 Å². The van der Waals surface area contributed by atoms with Crippen molar-refractivity contribution in [2.24, 2.45) is 22.2 Å². The van der Waals surface area contributed by atoms with Gasteiger partial charge in [0.15, 0.2) is 0 Å². The van der Waals surface area contributed by atoms with E-state index in [1.165, 1.54) is 32.1 Å². The average molecular weight is 527 g/mol. The summed E-state index contributed by atoms with van der Waals surface area (Å²) in [6.07, 6.45) is 9.46. The molecule has 1 N–H and O–H groups in total. The molecule has 2 aromatic carbocycles. The normalized spacial score (nSPS) is 25.6. The predicted octanol–water partition coefficient (Wildman–Crippen LogP) is 7.36. The third kappa shape index (κ3) is 5.07. The van der Waals surface area contributed by atoms with Gasteiger partial charge in [-0.05, 0) is 86.4 Å². The molecule has 2 fully saturated rings. The molecule has 2 aliphatic carbocycles. The van der Waals surface area contributed by atoms with E-state index in [4.69, 9.17) is 4.74 Å². The number of aromatic nitrogens is 1. The highest BCUT2D eigenvalue weighted by Crippen LogP contribution is 2.57. The molecule has 0 bridgehead atoms. The number of benzene rings is 2. The summed E-state index contributed by atoms with van der Waals surface area (Å²) >= 11 is 0. The maximum Gasteiger partial charge on any atom is 0.337 e. The van der Waals surface area contributed by atoms with Crippen LogP contribution in [0.3, 0.4) is 0 Å². The lowest BCUT2D eigenvalue weighted by atomic mass is 9.86. The lowest BCUT2D eigenvalue weighted by molar-refractivity contribution is 0.0695. The molecule has 4 atom stereocenters. The number of hydrogen-bond acceptors (Lipinski definition) is 5. The van der Waals surface area contributed by atoms with Crippen LogP contribution in [0, 0.1) is 11.8 Å². The number of carboxylic acids is 1. The minimum absolute atomic E-state index is 0.128. The SMILES string of the molecule is C[C@H](Oc1cccc(-c2cccc(-n3ccc(C(=O)O)c3[C@@H]3C[C@H]3C3(C)CN(C)N=N3)c2)c1)C1CCCCC1. The van der Waals surface area contributed by atoms with E-state index in [-0.39, 0.29) is 23.5 Å². The maximum atomic E-state index is 12.2. The van der Waals surface area contributed by atoms with Crippen molar-refractivity contribution in [2.45, 2.75) is 69.9 Å². The molecule has 39 heavy (non-hydrogen) atoms. The van der Waals surface area contributed by atoms with Gasteiger partial charge in [-0.3, -0.25) is 5.01 Å². The second kappa shape index (κ2) is 10.2. The number of carboxylic acid groups (broad SMARTS) is 1. The zero-order chi connectivity index (χ0) is 27.1. The summed E-state index contributed by atoms with van der Waals surface area (Å²) in [5.41, 5.74) is 4.05. The summed E-state index contributed by atoms with van der Waals surface area (Å²) in [6, 6.07) is 18.4. The number of aromatic carboxylic acids is 1. The van der Waals surface area contributed by atoms with Crippen molar-refractivity contribution in [3.63, 3.8) is 0 Å². The molecule has 1 unspecified atom stereocenters. The summed E-state index contributed by atoms with van der Waals surface area (Å²) in [4.78, 5) is 12.2. The van der Waals surface area contributed by atoms with Gasteiger partial charge >= 0.3 is 5.97 Å². The Bertz CT molecular complexity index is 1390. The topological polar surface area (TPSA) is 79.4 Å². The smallest absolute Gasteiger partial charge is 0.337 e. The zero-order valence-corrected chi connectivity index (χ0v) is 23.1. The third-order valence-electron chi connectivity index (χ3n) is 9.00. The minimum atomic E-state index is -0.891. The van der Waals surface area contributed by atoms with Crippen molar-refractivity contribution >= 4 is 5.97 Å². The van der Waals surface area contributed by atoms with Crippen LogP contribution in [0.4, 0.5) is 0 Å². The summed E-state index contributed by atoms with van der Waals surface area (Å²) in [5, 5.41) is 20.6. The molecular weight excluding hydrogens is 488 g/mol. The highest BCUT2D eigenvalue weighted by atomic mass is 16.5. The van der Waals surface area contributed by atoms with Crippen LogP contribution in [0.15, 0.2) is 71.1 Å². The molecule has 204 valence electrons. The average Bonchev–Trinajstić information content (AvgIpc) is 3.50. The van der Waals surface area contributed by atoms with Crippen LogP contribution < -0.4 is 4.74 Å². The molecule has 7 nitrogen and oxygen atoms in total. The van der Waals surface area contributed by atoms with Gasteiger partial charge in [-0.25, -0.2) is 4.79 Å². The number of likely N-dealkylation sites (N-methyl/N-ethyl adjacent to an activating group) is 1. The van der Waals surface area contributed by atoms with Gasteiger partial charge in [-0.2, -0.15) is 5.11 Å². The Morgan fingerprint density at radius 2 is 1.82 bits per heavy atom. The number of hydrogen-bond donors (Lipinski definition) is 1. The Hall–Kier alpha value is -3.61. The molecule has 0 amide bonds. The van der Waals surface area contributed by atoms with Gasteiger partial charge in [0.25, 0.3) is 0 Å². The summed E-state index contributed by atoms with van der Waals surface area (Å²) in [5.74, 6) is 1.03. The van der Waals surface area contributed by atoms with E-state index < -0.39 is 5.97 Å². The number of carbonyl (C=O) groups is 1. The van der Waals surface area contributed by atoms with E-state index in [2.05, 4.69) is 59.1 Å². The standard InChI is InChI=1S/C32H38N4O3/c1-21(22-9-5-4-6-10-22)39-26-14-8-12-24(18-26)23-11-7-13-25(17-23)36-16-15-27(31(37)38)30(36)28-19-29(28)32(2)20-35(3)34-33-32/h7-8,11-18,21-22,28-29H,4-6,9-10,19-20H2,1-3H3,(H,37,38)/t21-,28+,29+,32?/m0/s1. The Labute approximate surface area is 230 Å². The van der Waals surface area contributed by atoms with Crippen LogP contribution >= 0.6 is 0 Å². The molecular formula is C32H38N4O3. The van der Waals surface area contributed by atoms with Gasteiger partial charge in [-0.15, -0.1) is 0 Å². The Morgan fingerprint density at radius 1 is 1.08 bits per heavy atom. The van der Waals surface area contributed by atoms with Crippen LogP contribution in [-0.2, 0) is 0 Å². The molecule has 2 heterocycles. The second-order valence-electron chi connectivity index (χ2n) is 11.9. The first kappa shape index (κ1) is 25.7. The predicted molar refractivity (Wildman–Crippen MR) is 152 cm³/mol. The summed E-state index contributed by atoms with van der Waals surface area (Å²) < 4.78 is 8.46. The third-order valence-corrected chi connectivity index (χ3v) is 9.00. The lowest BCUT2D eigenvalue weighted by Gasteiger charge is -2.28. The number of nitrogens with zero attached hydrogens (tertiary/aromatic N) is 4. The quantitative estimate of drug-likeness (QED) is 0.332. The van der Waals surface area contributed by atoms with Crippen molar-refractivity contribution < 1.29 is 14.6 Å². The van der Waals surface area contributed by atoms with Crippen molar-refractivity contribution in [2.75, 3.05) is 13.6 Å². The largest absolute Gasteiger partial charge is 0.490 e. The van der Waals surface area contributed by atoms with Crippen molar-refractivity contribution in [3.8, 4) is 22.6 Å². The molecule has 3 aliphatic rings. The van der Waals surface area contributed by atoms with Gasteiger partial charge in [0, 0.05) is 30.5 Å². The first-order chi connectivity index (χ1) is 18.8. The van der Waals surface area contributed by atoms with Gasteiger partial charge in [0.05, 0.1) is 18.2 Å². The molecule has 0 spiro atoms. The number of rotatable bonds is 8. The Kier molecular flexibility index (Phi) is 6.69. The highest BCUT2D eigenvalue weighted by molar-refractivity contribution is 5.90. The fourth-order valence-corrected chi connectivity index (χ4v) is 6.81. The fraction of sp³-hybridized carbons (Fsp3) is 0.469. The Morgan fingerprint density at radius 3 is 2.54 bits per heavy atom. The molecule has 0 saturated heterocycles. The van der Waals surface area contributed by atoms with Gasteiger partial charge < -0.3 is 14.4 Å². The van der Waals surface area contributed by atoms with E-state index in [0.29, 0.717) is 11.5 Å². The molecule has 2 saturated carbocycles. The second-order valence-corrected chi connectivity index (χ2v) is 11.9. The van der Waals surface area contributed by atoms with E-state index in [0.717, 1.165) is 41.2 Å². The van der Waals surface area contributed by atoms with E-state index in [1.54, 1.807) is 6.07 Å². The van der Waals surface area contributed by atoms with Crippen LogP contribution in [0.25, 0.3) is 16.8 Å². The van der Waals surface area contributed by atoms with Gasteiger partial charge in [-0.1, -0.05) is 48.8 Å². The van der Waals surface area contributed by atoms with Crippen LogP contribution in [-0.4, -0.2) is 45.9 Å². The molecule has 3 aromatic rings. The van der Waals surface area contributed by atoms with Crippen molar-refractivity contribution in [1.29, 1.82) is 0 Å². The first-order valence-corrected chi connectivity index (χ1v) is 14.3. The Balaban J connectivity index is 1.27. The summed E-state index contributed by atoms with van der Waals surface area (Å²) in [7, 11) is 1.93. The maximum absolute atomic E-state index is 12.2. The van der Waals surface area contributed by atoms with Crippen LogP contribution in [0.5, 0.6) is 5.75 Å². The monoisotopic (exact) mass is 526 g/mol. The highest BCUT2D eigenvalue weighted by Gasteiger charge is 2.55. The molecule has 1 aromatic heterocycles. The first-order valence-electron chi connectivity index (χ1n) is 14.3. The zero-order valence-electron chi connectivity index (χ0n) is 23.1.